The van der Waals surface area contributed by atoms with Crippen molar-refractivity contribution in [2.45, 2.75) is 25.8 Å². The first-order valence-corrected chi connectivity index (χ1v) is 13.4. The van der Waals surface area contributed by atoms with Crippen LogP contribution >= 0.6 is 23.2 Å². The van der Waals surface area contributed by atoms with Gasteiger partial charge >= 0.3 is 0 Å². The molecular weight excluding hydrogens is 495 g/mol. The minimum Gasteiger partial charge on any atom is -0.489 e. The fourth-order valence-corrected chi connectivity index (χ4v) is 4.36. The van der Waals surface area contributed by atoms with Gasteiger partial charge in [-0.15, -0.1) is 11.6 Å². The molecule has 34 heavy (non-hydrogen) atoms. The molecule has 3 rings (SSSR count). The number of aromatic nitrogens is 2. The molecule has 0 bridgehead atoms. The van der Waals surface area contributed by atoms with Crippen LogP contribution in [0.1, 0.15) is 30.5 Å². The van der Waals surface area contributed by atoms with Gasteiger partial charge in [-0.25, -0.2) is 13.1 Å². The SMILES string of the molecule is CC(C)(c1ccc(-c2cnn(CCNS(C)(=O)=O)c2)cc1)c1cc(Cl)c(OCCCl)c(C#N)c1. The molecule has 0 aliphatic carbocycles. The van der Waals surface area contributed by atoms with Crippen molar-refractivity contribution < 1.29 is 13.2 Å². The minimum absolute atomic E-state index is 0.269. The molecule has 7 nitrogen and oxygen atoms in total. The molecule has 0 amide bonds. The Morgan fingerprint density at radius 3 is 2.50 bits per heavy atom. The molecule has 0 aliphatic rings. The molecule has 2 aromatic carbocycles. The Kier molecular flexibility index (Phi) is 8.26. The van der Waals surface area contributed by atoms with Crippen molar-refractivity contribution in [3.05, 3.63) is 70.5 Å². The molecule has 3 aromatic rings. The Morgan fingerprint density at radius 1 is 1.18 bits per heavy atom. The highest BCUT2D eigenvalue weighted by Crippen LogP contribution is 2.38. The Labute approximate surface area is 210 Å². The number of sulfonamides is 1. The number of ether oxygens (including phenoxy) is 1. The maximum absolute atomic E-state index is 11.2. The maximum Gasteiger partial charge on any atom is 0.208 e. The molecule has 0 saturated carbocycles. The van der Waals surface area contributed by atoms with Crippen LogP contribution in [0.15, 0.2) is 48.8 Å². The fraction of sp³-hybridized carbons (Fsp3) is 0.333. The summed E-state index contributed by atoms with van der Waals surface area (Å²) in [5.74, 6) is 0.653. The second-order valence-electron chi connectivity index (χ2n) is 8.34. The van der Waals surface area contributed by atoms with E-state index in [1.54, 1.807) is 16.9 Å². The summed E-state index contributed by atoms with van der Waals surface area (Å²) in [6.07, 6.45) is 4.76. The molecule has 1 aromatic heterocycles. The Balaban J connectivity index is 1.80. The van der Waals surface area contributed by atoms with Gasteiger partial charge in [-0.05, 0) is 28.8 Å². The third-order valence-corrected chi connectivity index (χ3v) is 6.65. The Bertz CT molecular complexity index is 1300. The lowest BCUT2D eigenvalue weighted by molar-refractivity contribution is 0.341. The van der Waals surface area contributed by atoms with Crippen LogP contribution in [-0.2, 0) is 22.0 Å². The van der Waals surface area contributed by atoms with E-state index in [0.717, 1.165) is 28.5 Å². The summed E-state index contributed by atoms with van der Waals surface area (Å²) in [5, 5.41) is 14.3. The molecule has 1 heterocycles. The van der Waals surface area contributed by atoms with E-state index in [-0.39, 0.29) is 13.2 Å². The summed E-state index contributed by atoms with van der Waals surface area (Å²) in [4.78, 5) is 0. The highest BCUT2D eigenvalue weighted by Gasteiger charge is 2.26. The number of nitriles is 1. The van der Waals surface area contributed by atoms with E-state index >= 15 is 0 Å². The zero-order valence-corrected chi connectivity index (χ0v) is 21.5. The largest absolute Gasteiger partial charge is 0.489 e. The highest BCUT2D eigenvalue weighted by molar-refractivity contribution is 7.88. The summed E-state index contributed by atoms with van der Waals surface area (Å²) in [6.45, 7) is 5.12. The number of rotatable bonds is 10. The van der Waals surface area contributed by atoms with Gasteiger partial charge in [0.1, 0.15) is 12.7 Å². The van der Waals surface area contributed by atoms with Crippen LogP contribution in [0.25, 0.3) is 11.1 Å². The molecule has 1 N–H and O–H groups in total. The number of alkyl halides is 1. The van der Waals surface area contributed by atoms with Crippen molar-refractivity contribution in [3.63, 3.8) is 0 Å². The van der Waals surface area contributed by atoms with Crippen molar-refractivity contribution in [1.82, 2.24) is 14.5 Å². The first kappa shape index (κ1) is 26.0. The van der Waals surface area contributed by atoms with Gasteiger partial charge in [0.05, 0.1) is 35.5 Å². The lowest BCUT2D eigenvalue weighted by atomic mass is 9.77. The van der Waals surface area contributed by atoms with Crippen LogP contribution in [0.3, 0.4) is 0 Å². The molecule has 0 saturated heterocycles. The van der Waals surface area contributed by atoms with Crippen LogP contribution in [0.2, 0.25) is 5.02 Å². The first-order chi connectivity index (χ1) is 16.0. The standard InChI is InChI=1S/C24H26Cl2N4O3S/c1-24(2,21-12-18(14-27)23(22(26)13-21)33-11-8-25)20-6-4-17(5-7-20)19-15-28-30(16-19)10-9-29-34(3,31)32/h4-7,12-13,15-16,29H,8-11H2,1-3H3. The van der Waals surface area contributed by atoms with E-state index in [2.05, 4.69) is 29.7 Å². The van der Waals surface area contributed by atoms with Crippen molar-refractivity contribution in [1.29, 1.82) is 5.26 Å². The number of benzene rings is 2. The molecule has 0 spiro atoms. The predicted molar refractivity (Wildman–Crippen MR) is 135 cm³/mol. The smallest absolute Gasteiger partial charge is 0.208 e. The van der Waals surface area contributed by atoms with Gasteiger partial charge in [-0.1, -0.05) is 49.7 Å². The Hall–Kier alpha value is -2.57. The summed E-state index contributed by atoms with van der Waals surface area (Å²) in [7, 11) is -3.22. The average Bonchev–Trinajstić information content (AvgIpc) is 3.26. The fourth-order valence-electron chi connectivity index (χ4n) is 3.55. The number of halogens is 2. The topological polar surface area (TPSA) is 97.0 Å². The molecule has 0 unspecified atom stereocenters. The third kappa shape index (κ3) is 6.30. The normalized spacial score (nSPS) is 11.9. The van der Waals surface area contributed by atoms with Gasteiger partial charge in [-0.2, -0.15) is 10.4 Å². The summed E-state index contributed by atoms with van der Waals surface area (Å²) in [5.41, 5.74) is 3.82. The van der Waals surface area contributed by atoms with Crippen molar-refractivity contribution in [2.24, 2.45) is 0 Å². The predicted octanol–water partition coefficient (Wildman–Crippen LogP) is 4.57. The van der Waals surface area contributed by atoms with Crippen molar-refractivity contribution >= 4 is 33.2 Å². The van der Waals surface area contributed by atoms with Gasteiger partial charge in [0, 0.05) is 23.7 Å². The van der Waals surface area contributed by atoms with E-state index < -0.39 is 15.4 Å². The lowest BCUT2D eigenvalue weighted by Crippen LogP contribution is -2.26. The van der Waals surface area contributed by atoms with E-state index in [1.807, 2.05) is 36.5 Å². The lowest BCUT2D eigenvalue weighted by Gasteiger charge is -2.27. The second kappa shape index (κ2) is 10.8. The Morgan fingerprint density at radius 2 is 1.88 bits per heavy atom. The van der Waals surface area contributed by atoms with Crippen LogP contribution < -0.4 is 9.46 Å². The molecule has 0 fully saturated rings. The quantitative estimate of drug-likeness (QED) is 0.395. The zero-order valence-electron chi connectivity index (χ0n) is 19.2. The van der Waals surface area contributed by atoms with Crippen LogP contribution in [0.5, 0.6) is 5.75 Å². The van der Waals surface area contributed by atoms with E-state index in [4.69, 9.17) is 27.9 Å². The van der Waals surface area contributed by atoms with Gasteiger partial charge in [-0.3, -0.25) is 4.68 Å². The summed E-state index contributed by atoms with van der Waals surface area (Å²) < 4.78 is 32.1. The van der Waals surface area contributed by atoms with Gasteiger partial charge < -0.3 is 4.74 Å². The molecular formula is C24H26Cl2N4O3S. The molecule has 0 atom stereocenters. The number of nitrogens with zero attached hydrogens (tertiary/aromatic N) is 3. The van der Waals surface area contributed by atoms with Crippen LogP contribution in [0.4, 0.5) is 0 Å². The van der Waals surface area contributed by atoms with Gasteiger partial charge in [0.15, 0.2) is 5.75 Å². The number of hydrogen-bond acceptors (Lipinski definition) is 5. The van der Waals surface area contributed by atoms with E-state index in [0.29, 0.717) is 28.8 Å². The number of hydrogen-bond donors (Lipinski definition) is 1. The zero-order chi connectivity index (χ0) is 24.9. The van der Waals surface area contributed by atoms with Crippen molar-refractivity contribution in [2.75, 3.05) is 25.3 Å². The second-order valence-corrected chi connectivity index (χ2v) is 11.0. The van der Waals surface area contributed by atoms with Gasteiger partial charge in [0.25, 0.3) is 0 Å². The molecule has 0 aliphatic heterocycles. The number of nitrogens with one attached hydrogen (secondary N) is 1. The summed E-state index contributed by atoms with van der Waals surface area (Å²) >= 11 is 12.1. The van der Waals surface area contributed by atoms with E-state index in [1.165, 1.54) is 0 Å². The van der Waals surface area contributed by atoms with Crippen molar-refractivity contribution in [3.8, 4) is 22.9 Å². The minimum atomic E-state index is -3.22. The van der Waals surface area contributed by atoms with Crippen LogP contribution in [-0.4, -0.2) is 43.5 Å². The van der Waals surface area contributed by atoms with Gasteiger partial charge in [0.2, 0.25) is 10.0 Å². The molecule has 0 radical (unpaired) electrons. The highest BCUT2D eigenvalue weighted by atomic mass is 35.5. The first-order valence-electron chi connectivity index (χ1n) is 10.6. The molecule has 180 valence electrons. The maximum atomic E-state index is 11.2. The molecule has 10 heteroatoms. The average molecular weight is 521 g/mol. The monoisotopic (exact) mass is 520 g/mol. The summed E-state index contributed by atoms with van der Waals surface area (Å²) in [6, 6.07) is 13.9. The van der Waals surface area contributed by atoms with E-state index in [9.17, 15) is 13.7 Å². The van der Waals surface area contributed by atoms with Crippen LogP contribution in [0, 0.1) is 11.3 Å². The third-order valence-electron chi connectivity index (χ3n) is 5.49.